The van der Waals surface area contributed by atoms with E-state index in [1.165, 1.54) is 23.5 Å². The van der Waals surface area contributed by atoms with Gasteiger partial charge in [0.25, 0.3) is 0 Å². The van der Waals surface area contributed by atoms with Crippen LogP contribution in [0, 0.1) is 6.92 Å². The summed E-state index contributed by atoms with van der Waals surface area (Å²) in [6, 6.07) is 0.546. The molecule has 0 saturated heterocycles. The molecule has 0 unspecified atom stereocenters. The lowest BCUT2D eigenvalue weighted by molar-refractivity contribution is 0.453. The Balaban J connectivity index is 2.16. The molecule has 0 amide bonds. The lowest BCUT2D eigenvalue weighted by Gasteiger charge is -2.17. The largest absolute Gasteiger partial charge is 0.304 e. The van der Waals surface area contributed by atoms with E-state index in [-0.39, 0.29) is 5.54 Å². The molecule has 0 spiro atoms. The highest BCUT2D eigenvalue weighted by atomic mass is 32.1. The molecular weight excluding hydrogens is 180 g/mol. The second kappa shape index (κ2) is 3.07. The van der Waals surface area contributed by atoms with Crippen LogP contribution in [0.3, 0.4) is 0 Å². The summed E-state index contributed by atoms with van der Waals surface area (Å²) in [5, 5.41) is 6.97. The van der Waals surface area contributed by atoms with E-state index in [2.05, 4.69) is 36.5 Å². The van der Waals surface area contributed by atoms with E-state index < -0.39 is 0 Å². The molecule has 0 aromatic carbocycles. The third-order valence-electron chi connectivity index (χ3n) is 2.42. The molecule has 1 saturated carbocycles. The van der Waals surface area contributed by atoms with Crippen molar-refractivity contribution in [2.24, 2.45) is 0 Å². The fourth-order valence-corrected chi connectivity index (χ4v) is 2.45. The van der Waals surface area contributed by atoms with Gasteiger partial charge in [-0.1, -0.05) is 0 Å². The van der Waals surface area contributed by atoms with Crippen LogP contribution in [-0.2, 0) is 5.54 Å². The maximum Gasteiger partial charge on any atom is 0.0898 e. The number of hydrogen-bond acceptors (Lipinski definition) is 3. The van der Waals surface area contributed by atoms with Gasteiger partial charge in [-0.2, -0.15) is 0 Å². The Morgan fingerprint density at radius 1 is 1.54 bits per heavy atom. The Morgan fingerprint density at radius 2 is 2.23 bits per heavy atom. The summed E-state index contributed by atoms with van der Waals surface area (Å²) in [5.41, 5.74) is 1.49. The van der Waals surface area contributed by atoms with Crippen LogP contribution in [0.25, 0.3) is 0 Å². The van der Waals surface area contributed by atoms with Crippen molar-refractivity contribution in [2.75, 3.05) is 0 Å². The summed E-state index contributed by atoms with van der Waals surface area (Å²) in [6.07, 6.45) is 2.49. The zero-order valence-corrected chi connectivity index (χ0v) is 9.24. The quantitative estimate of drug-likeness (QED) is 0.803. The van der Waals surface area contributed by atoms with Gasteiger partial charge < -0.3 is 5.32 Å². The minimum absolute atomic E-state index is 0.235. The predicted molar refractivity (Wildman–Crippen MR) is 56.0 cm³/mol. The van der Waals surface area contributed by atoms with E-state index in [1.54, 1.807) is 11.3 Å². The molecule has 72 valence electrons. The first-order chi connectivity index (χ1) is 6.12. The van der Waals surface area contributed by atoms with Crippen molar-refractivity contribution in [3.8, 4) is 0 Å². The molecular formula is C10H16N2S. The van der Waals surface area contributed by atoms with E-state index >= 15 is 0 Å². The van der Waals surface area contributed by atoms with Gasteiger partial charge in [0.2, 0.25) is 0 Å². The third-order valence-corrected chi connectivity index (χ3v) is 3.20. The minimum atomic E-state index is 0.235. The number of hydrogen-bond donors (Lipinski definition) is 1. The topological polar surface area (TPSA) is 24.9 Å². The highest BCUT2D eigenvalue weighted by Crippen LogP contribution is 2.45. The molecule has 1 aliphatic rings. The average molecular weight is 196 g/mol. The number of aryl methyl sites for hydroxylation is 1. The van der Waals surface area contributed by atoms with Crippen LogP contribution >= 0.6 is 11.3 Å². The number of thiazole rings is 1. The van der Waals surface area contributed by atoms with Gasteiger partial charge in [0.15, 0.2) is 0 Å². The van der Waals surface area contributed by atoms with Crippen molar-refractivity contribution < 1.29 is 0 Å². The molecule has 3 heteroatoms. The van der Waals surface area contributed by atoms with Crippen molar-refractivity contribution in [1.82, 2.24) is 10.3 Å². The minimum Gasteiger partial charge on any atom is -0.304 e. The molecule has 1 aromatic rings. The molecule has 2 nitrogen and oxygen atoms in total. The van der Waals surface area contributed by atoms with Crippen LogP contribution in [-0.4, -0.2) is 11.0 Å². The molecule has 13 heavy (non-hydrogen) atoms. The summed E-state index contributed by atoms with van der Waals surface area (Å²) >= 11 is 1.75. The van der Waals surface area contributed by atoms with E-state index in [1.807, 2.05) is 0 Å². The third kappa shape index (κ3) is 1.76. The van der Waals surface area contributed by atoms with Crippen LogP contribution in [0.15, 0.2) is 5.38 Å². The summed E-state index contributed by atoms with van der Waals surface area (Å²) in [7, 11) is 0. The number of aromatic nitrogens is 1. The van der Waals surface area contributed by atoms with Crippen LogP contribution in [0.1, 0.15) is 37.4 Å². The molecule has 0 radical (unpaired) electrons. The maximum atomic E-state index is 4.55. The lowest BCUT2D eigenvalue weighted by Crippen LogP contribution is -2.34. The average Bonchev–Trinajstić information content (AvgIpc) is 2.65. The van der Waals surface area contributed by atoms with E-state index in [0.29, 0.717) is 6.04 Å². The molecule has 1 heterocycles. The molecule has 2 rings (SSSR count). The zero-order valence-electron chi connectivity index (χ0n) is 8.42. The Hall–Kier alpha value is -0.410. The van der Waals surface area contributed by atoms with Crippen molar-refractivity contribution in [3.05, 3.63) is 16.1 Å². The van der Waals surface area contributed by atoms with Crippen LogP contribution < -0.4 is 5.32 Å². The highest BCUT2D eigenvalue weighted by Gasteiger charge is 2.46. The number of nitrogens with zero attached hydrogens (tertiary/aromatic N) is 1. The smallest absolute Gasteiger partial charge is 0.0898 e. The van der Waals surface area contributed by atoms with Gasteiger partial charge in [-0.15, -0.1) is 11.3 Å². The van der Waals surface area contributed by atoms with Crippen molar-refractivity contribution in [1.29, 1.82) is 0 Å². The Kier molecular flexibility index (Phi) is 2.16. The molecule has 0 bridgehead atoms. The number of nitrogens with one attached hydrogen (secondary N) is 1. The summed E-state index contributed by atoms with van der Waals surface area (Å²) in [6.45, 7) is 6.46. The van der Waals surface area contributed by atoms with Gasteiger partial charge in [-0.3, -0.25) is 0 Å². The van der Waals surface area contributed by atoms with Crippen molar-refractivity contribution in [3.63, 3.8) is 0 Å². The first kappa shape index (κ1) is 9.16. The standard InChI is InChI=1S/C10H16N2S/c1-7(2)12-10(4-5-10)9-6-13-8(3)11-9/h6-7,12H,4-5H2,1-3H3. The second-order valence-electron chi connectivity index (χ2n) is 4.13. The zero-order chi connectivity index (χ0) is 9.47. The summed E-state index contributed by atoms with van der Waals surface area (Å²) < 4.78 is 0. The molecule has 0 atom stereocenters. The van der Waals surface area contributed by atoms with Gasteiger partial charge in [0.1, 0.15) is 0 Å². The second-order valence-corrected chi connectivity index (χ2v) is 5.20. The van der Waals surface area contributed by atoms with Crippen molar-refractivity contribution >= 4 is 11.3 Å². The van der Waals surface area contributed by atoms with Crippen LogP contribution in [0.2, 0.25) is 0 Å². The van der Waals surface area contributed by atoms with E-state index in [0.717, 1.165) is 0 Å². The highest BCUT2D eigenvalue weighted by molar-refractivity contribution is 7.09. The first-order valence-corrected chi connectivity index (χ1v) is 5.71. The Bertz CT molecular complexity index is 300. The van der Waals surface area contributed by atoms with E-state index in [4.69, 9.17) is 0 Å². The van der Waals surface area contributed by atoms with Gasteiger partial charge in [0.05, 0.1) is 16.2 Å². The molecule has 1 N–H and O–H groups in total. The molecule has 1 aliphatic carbocycles. The van der Waals surface area contributed by atoms with Crippen LogP contribution in [0.5, 0.6) is 0 Å². The summed E-state index contributed by atoms with van der Waals surface area (Å²) in [4.78, 5) is 4.55. The monoisotopic (exact) mass is 196 g/mol. The molecule has 1 aromatic heterocycles. The Morgan fingerprint density at radius 3 is 2.62 bits per heavy atom. The van der Waals surface area contributed by atoms with Crippen LogP contribution in [0.4, 0.5) is 0 Å². The molecule has 1 fully saturated rings. The molecule has 0 aliphatic heterocycles. The SMILES string of the molecule is Cc1nc(C2(NC(C)C)CC2)cs1. The van der Waals surface area contributed by atoms with Crippen molar-refractivity contribution in [2.45, 2.75) is 45.2 Å². The number of rotatable bonds is 3. The predicted octanol–water partition coefficient (Wildman–Crippen LogP) is 2.44. The summed E-state index contributed by atoms with van der Waals surface area (Å²) in [5.74, 6) is 0. The fourth-order valence-electron chi connectivity index (χ4n) is 1.74. The van der Waals surface area contributed by atoms with Gasteiger partial charge >= 0.3 is 0 Å². The van der Waals surface area contributed by atoms with E-state index in [9.17, 15) is 0 Å². The first-order valence-electron chi connectivity index (χ1n) is 4.83. The van der Waals surface area contributed by atoms with Gasteiger partial charge in [-0.05, 0) is 33.6 Å². The lowest BCUT2D eigenvalue weighted by atomic mass is 10.2. The van der Waals surface area contributed by atoms with Gasteiger partial charge in [-0.25, -0.2) is 4.98 Å². The van der Waals surface area contributed by atoms with Gasteiger partial charge in [0, 0.05) is 11.4 Å². The maximum absolute atomic E-state index is 4.55. The fraction of sp³-hybridized carbons (Fsp3) is 0.700. The Labute approximate surface area is 83.4 Å². The normalized spacial score (nSPS) is 19.4.